The average Bonchev–Trinajstić information content (AvgIpc) is 2.15. The SMILES string of the molecule is CC(c1cccc(C#N)c1)C(Cl)(Cl)Cl. The smallest absolute Gasteiger partial charge is 0.192 e. The van der Waals surface area contributed by atoms with Gasteiger partial charge in [0.15, 0.2) is 3.79 Å². The molecule has 4 heteroatoms. The van der Waals surface area contributed by atoms with E-state index in [0.29, 0.717) is 5.56 Å². The van der Waals surface area contributed by atoms with Crippen molar-refractivity contribution >= 4 is 34.8 Å². The third-order valence-corrected chi connectivity index (χ3v) is 2.99. The Morgan fingerprint density at radius 2 is 2.00 bits per heavy atom. The van der Waals surface area contributed by atoms with E-state index in [1.807, 2.05) is 19.1 Å². The molecular formula is C10H8Cl3N. The summed E-state index contributed by atoms with van der Waals surface area (Å²) >= 11 is 17.3. The summed E-state index contributed by atoms with van der Waals surface area (Å²) in [4.78, 5) is 0. The van der Waals surface area contributed by atoms with Crippen LogP contribution in [0.25, 0.3) is 0 Å². The van der Waals surface area contributed by atoms with Crippen LogP contribution >= 0.6 is 34.8 Å². The topological polar surface area (TPSA) is 23.8 Å². The van der Waals surface area contributed by atoms with Crippen molar-refractivity contribution in [2.24, 2.45) is 0 Å². The fourth-order valence-corrected chi connectivity index (χ4v) is 1.44. The maximum Gasteiger partial charge on any atom is 0.197 e. The molecule has 0 fully saturated rings. The zero-order valence-electron chi connectivity index (χ0n) is 7.47. The number of hydrogen-bond acceptors (Lipinski definition) is 1. The highest BCUT2D eigenvalue weighted by Crippen LogP contribution is 2.41. The summed E-state index contributed by atoms with van der Waals surface area (Å²) in [5.41, 5.74) is 1.42. The fraction of sp³-hybridized carbons (Fsp3) is 0.300. The minimum Gasteiger partial charge on any atom is -0.192 e. The molecule has 0 amide bonds. The Morgan fingerprint density at radius 1 is 1.36 bits per heavy atom. The van der Waals surface area contributed by atoms with E-state index in [1.54, 1.807) is 18.2 Å². The van der Waals surface area contributed by atoms with Gasteiger partial charge in [-0.15, -0.1) is 0 Å². The second-order valence-electron chi connectivity index (χ2n) is 3.00. The number of halogens is 3. The van der Waals surface area contributed by atoms with Crippen LogP contribution in [0.15, 0.2) is 24.3 Å². The predicted molar refractivity (Wildman–Crippen MR) is 59.9 cm³/mol. The average molecular weight is 249 g/mol. The van der Waals surface area contributed by atoms with Crippen LogP contribution in [-0.2, 0) is 0 Å². The van der Waals surface area contributed by atoms with E-state index < -0.39 is 3.79 Å². The van der Waals surface area contributed by atoms with Gasteiger partial charge in [-0.25, -0.2) is 0 Å². The minimum absolute atomic E-state index is 0.235. The molecule has 14 heavy (non-hydrogen) atoms. The lowest BCUT2D eigenvalue weighted by atomic mass is 10.0. The molecule has 0 aliphatic rings. The van der Waals surface area contributed by atoms with Gasteiger partial charge in [0.05, 0.1) is 11.6 Å². The largest absolute Gasteiger partial charge is 0.197 e. The molecular weight excluding hydrogens is 240 g/mol. The molecule has 1 nitrogen and oxygen atoms in total. The molecule has 0 aromatic heterocycles. The summed E-state index contributed by atoms with van der Waals surface area (Å²) in [6.45, 7) is 1.81. The van der Waals surface area contributed by atoms with Crippen LogP contribution in [-0.4, -0.2) is 3.79 Å². The van der Waals surface area contributed by atoms with Crippen LogP contribution < -0.4 is 0 Å². The molecule has 1 aromatic carbocycles. The Morgan fingerprint density at radius 3 is 2.50 bits per heavy atom. The zero-order valence-corrected chi connectivity index (χ0v) is 9.74. The summed E-state index contributed by atoms with van der Waals surface area (Å²) in [5.74, 6) is -0.235. The number of benzene rings is 1. The van der Waals surface area contributed by atoms with E-state index in [1.165, 1.54) is 0 Å². The van der Waals surface area contributed by atoms with E-state index in [0.717, 1.165) is 5.56 Å². The molecule has 0 saturated carbocycles. The first-order valence-electron chi connectivity index (χ1n) is 4.02. The number of hydrogen-bond donors (Lipinski definition) is 0. The molecule has 1 unspecified atom stereocenters. The lowest BCUT2D eigenvalue weighted by Gasteiger charge is -2.20. The van der Waals surface area contributed by atoms with Crippen molar-refractivity contribution in [1.82, 2.24) is 0 Å². The predicted octanol–water partition coefficient (Wildman–Crippen LogP) is 4.03. The molecule has 0 heterocycles. The third-order valence-electron chi connectivity index (χ3n) is 2.01. The summed E-state index contributed by atoms with van der Waals surface area (Å²) in [6.07, 6.45) is 0. The van der Waals surface area contributed by atoms with Crippen LogP contribution in [0.1, 0.15) is 24.0 Å². The van der Waals surface area contributed by atoms with Gasteiger partial charge in [0.2, 0.25) is 0 Å². The van der Waals surface area contributed by atoms with Gasteiger partial charge >= 0.3 is 0 Å². The van der Waals surface area contributed by atoms with Crippen LogP contribution in [0.2, 0.25) is 0 Å². The van der Waals surface area contributed by atoms with Crippen LogP contribution in [0.4, 0.5) is 0 Å². The molecule has 0 saturated heterocycles. The van der Waals surface area contributed by atoms with Crippen LogP contribution in [0, 0.1) is 11.3 Å². The quantitative estimate of drug-likeness (QED) is 0.688. The number of nitrogens with zero attached hydrogens (tertiary/aromatic N) is 1. The first-order chi connectivity index (χ1) is 6.45. The highest BCUT2D eigenvalue weighted by molar-refractivity contribution is 6.68. The molecule has 0 spiro atoms. The minimum atomic E-state index is -1.34. The molecule has 0 bridgehead atoms. The van der Waals surface area contributed by atoms with Crippen molar-refractivity contribution in [2.45, 2.75) is 16.6 Å². The molecule has 1 rings (SSSR count). The van der Waals surface area contributed by atoms with Gasteiger partial charge in [-0.2, -0.15) is 5.26 Å². The lowest BCUT2D eigenvalue weighted by Crippen LogP contribution is -2.13. The van der Waals surface area contributed by atoms with E-state index in [-0.39, 0.29) is 5.92 Å². The van der Waals surface area contributed by atoms with Gasteiger partial charge in [0.1, 0.15) is 0 Å². The Bertz CT molecular complexity index is 362. The van der Waals surface area contributed by atoms with Gasteiger partial charge in [0, 0.05) is 5.92 Å². The summed E-state index contributed by atoms with van der Waals surface area (Å²) in [7, 11) is 0. The molecule has 1 atom stereocenters. The van der Waals surface area contributed by atoms with Crippen LogP contribution in [0.5, 0.6) is 0 Å². The van der Waals surface area contributed by atoms with E-state index in [2.05, 4.69) is 0 Å². The first kappa shape index (κ1) is 11.7. The van der Waals surface area contributed by atoms with Gasteiger partial charge in [-0.1, -0.05) is 53.9 Å². The zero-order chi connectivity index (χ0) is 10.8. The first-order valence-corrected chi connectivity index (χ1v) is 5.15. The van der Waals surface area contributed by atoms with E-state index in [4.69, 9.17) is 40.1 Å². The standard InChI is InChI=1S/C10H8Cl3N/c1-7(10(11,12)13)9-4-2-3-8(5-9)6-14/h2-5,7H,1H3. The number of rotatable bonds is 1. The van der Waals surface area contributed by atoms with Crippen LogP contribution in [0.3, 0.4) is 0 Å². The fourth-order valence-electron chi connectivity index (χ4n) is 1.07. The highest BCUT2D eigenvalue weighted by Gasteiger charge is 2.29. The maximum atomic E-state index is 8.70. The molecule has 0 radical (unpaired) electrons. The molecule has 74 valence electrons. The Hall–Kier alpha value is -0.420. The molecule has 0 aliphatic carbocycles. The van der Waals surface area contributed by atoms with Crippen molar-refractivity contribution < 1.29 is 0 Å². The van der Waals surface area contributed by atoms with Crippen molar-refractivity contribution in [3.8, 4) is 6.07 Å². The number of nitriles is 1. The monoisotopic (exact) mass is 247 g/mol. The Balaban J connectivity index is 3.03. The van der Waals surface area contributed by atoms with Crippen molar-refractivity contribution in [1.29, 1.82) is 5.26 Å². The van der Waals surface area contributed by atoms with Gasteiger partial charge in [-0.05, 0) is 17.7 Å². The van der Waals surface area contributed by atoms with Crippen molar-refractivity contribution in [2.75, 3.05) is 0 Å². The Kier molecular flexibility index (Phi) is 3.66. The van der Waals surface area contributed by atoms with E-state index in [9.17, 15) is 0 Å². The third kappa shape index (κ3) is 2.78. The summed E-state index contributed by atoms with van der Waals surface area (Å²) in [5, 5.41) is 8.70. The second kappa shape index (κ2) is 4.40. The maximum absolute atomic E-state index is 8.70. The molecule has 0 N–H and O–H groups in total. The van der Waals surface area contributed by atoms with Gasteiger partial charge in [-0.3, -0.25) is 0 Å². The highest BCUT2D eigenvalue weighted by atomic mass is 35.6. The lowest BCUT2D eigenvalue weighted by molar-refractivity contribution is 0.789. The van der Waals surface area contributed by atoms with Crippen molar-refractivity contribution in [3.05, 3.63) is 35.4 Å². The van der Waals surface area contributed by atoms with E-state index >= 15 is 0 Å². The normalized spacial score (nSPS) is 13.4. The second-order valence-corrected chi connectivity index (χ2v) is 5.37. The summed E-state index contributed by atoms with van der Waals surface area (Å²) in [6, 6.07) is 9.11. The Labute approximate surface area is 98.2 Å². The molecule has 1 aromatic rings. The van der Waals surface area contributed by atoms with Crippen molar-refractivity contribution in [3.63, 3.8) is 0 Å². The van der Waals surface area contributed by atoms with Gasteiger partial charge in [0.25, 0.3) is 0 Å². The number of alkyl halides is 3. The van der Waals surface area contributed by atoms with Gasteiger partial charge < -0.3 is 0 Å². The summed E-state index contributed by atoms with van der Waals surface area (Å²) < 4.78 is -1.34. The molecule has 0 aliphatic heterocycles.